The lowest BCUT2D eigenvalue weighted by atomic mass is 9.85. The zero-order chi connectivity index (χ0) is 10.6. The fourth-order valence-electron chi connectivity index (χ4n) is 0.966. The van der Waals surface area contributed by atoms with Gasteiger partial charge in [-0.15, -0.1) is 0 Å². The van der Waals surface area contributed by atoms with Gasteiger partial charge in [0.1, 0.15) is 0 Å². The highest BCUT2D eigenvalue weighted by Crippen LogP contribution is 2.17. The third kappa shape index (κ3) is 4.62. The first-order chi connectivity index (χ1) is 5.75. The van der Waals surface area contributed by atoms with Gasteiger partial charge in [-0.2, -0.15) is 0 Å². The highest BCUT2D eigenvalue weighted by Gasteiger charge is 2.26. The molecule has 0 aromatic carbocycles. The molecule has 0 saturated carbocycles. The quantitative estimate of drug-likeness (QED) is 0.682. The van der Waals surface area contributed by atoms with Gasteiger partial charge in [0.15, 0.2) is 5.78 Å². The Morgan fingerprint density at radius 2 is 1.85 bits per heavy atom. The summed E-state index contributed by atoms with van der Waals surface area (Å²) in [6.45, 7) is 5.32. The van der Waals surface area contributed by atoms with Crippen molar-refractivity contribution in [3.63, 3.8) is 0 Å². The van der Waals surface area contributed by atoms with E-state index in [4.69, 9.17) is 10.8 Å². The Balaban J connectivity index is 4.05. The van der Waals surface area contributed by atoms with Crippen LogP contribution in [0.5, 0.6) is 0 Å². The lowest BCUT2D eigenvalue weighted by molar-refractivity contribution is -0.137. The molecule has 76 valence electrons. The van der Waals surface area contributed by atoms with Gasteiger partial charge in [-0.05, 0) is 6.42 Å². The Kier molecular flexibility index (Phi) is 4.07. The Labute approximate surface area is 78.1 Å². The summed E-state index contributed by atoms with van der Waals surface area (Å²) in [5.41, 5.74) is 5.05. The molecule has 0 saturated heterocycles. The average molecular weight is 187 g/mol. The average Bonchev–Trinajstić information content (AvgIpc) is 1.96. The molecule has 4 heteroatoms. The van der Waals surface area contributed by atoms with Gasteiger partial charge >= 0.3 is 5.97 Å². The van der Waals surface area contributed by atoms with Crippen molar-refractivity contribution < 1.29 is 14.7 Å². The maximum atomic E-state index is 11.5. The molecule has 4 nitrogen and oxygen atoms in total. The van der Waals surface area contributed by atoms with Gasteiger partial charge in [0.05, 0.1) is 6.04 Å². The minimum Gasteiger partial charge on any atom is -0.481 e. The molecular formula is C9H17NO3. The lowest BCUT2D eigenvalue weighted by Gasteiger charge is -2.21. The number of ketones is 1. The van der Waals surface area contributed by atoms with Gasteiger partial charge in [0.25, 0.3) is 0 Å². The fraction of sp³-hybridized carbons (Fsp3) is 0.778. The largest absolute Gasteiger partial charge is 0.481 e. The van der Waals surface area contributed by atoms with Crippen molar-refractivity contribution >= 4 is 11.8 Å². The SMILES string of the molecule is CC(C)(C)C(=O)[C@H](N)CCC(=O)O. The van der Waals surface area contributed by atoms with Crippen LogP contribution in [0.25, 0.3) is 0 Å². The Hall–Kier alpha value is -0.900. The summed E-state index contributed by atoms with van der Waals surface area (Å²) in [5.74, 6) is -1.01. The van der Waals surface area contributed by atoms with Crippen LogP contribution in [-0.4, -0.2) is 22.9 Å². The van der Waals surface area contributed by atoms with E-state index in [0.717, 1.165) is 0 Å². The van der Waals surface area contributed by atoms with Crippen molar-refractivity contribution in [1.82, 2.24) is 0 Å². The highest BCUT2D eigenvalue weighted by atomic mass is 16.4. The van der Waals surface area contributed by atoms with Crippen molar-refractivity contribution in [1.29, 1.82) is 0 Å². The number of rotatable bonds is 4. The van der Waals surface area contributed by atoms with Crippen molar-refractivity contribution in [2.75, 3.05) is 0 Å². The minimum absolute atomic E-state index is 0.0526. The topological polar surface area (TPSA) is 80.4 Å². The van der Waals surface area contributed by atoms with Gasteiger partial charge in [0.2, 0.25) is 0 Å². The molecule has 0 aliphatic rings. The zero-order valence-electron chi connectivity index (χ0n) is 8.33. The fourth-order valence-corrected chi connectivity index (χ4v) is 0.966. The predicted octanol–water partition coefficient (Wildman–Crippen LogP) is 0.794. The van der Waals surface area contributed by atoms with Gasteiger partial charge in [-0.25, -0.2) is 0 Å². The summed E-state index contributed by atoms with van der Waals surface area (Å²) in [6, 6.07) is -0.656. The molecule has 0 heterocycles. The standard InChI is InChI=1S/C9H17NO3/c1-9(2,3)8(13)6(10)4-5-7(11)12/h6H,4-5,10H2,1-3H3,(H,11,12)/t6-/m1/s1. The smallest absolute Gasteiger partial charge is 0.303 e. The molecular weight excluding hydrogens is 170 g/mol. The molecule has 0 rings (SSSR count). The van der Waals surface area contributed by atoms with Crippen LogP contribution in [-0.2, 0) is 9.59 Å². The van der Waals surface area contributed by atoms with Crippen molar-refractivity contribution in [3.8, 4) is 0 Å². The van der Waals surface area contributed by atoms with Crippen LogP contribution in [0.3, 0.4) is 0 Å². The summed E-state index contributed by atoms with van der Waals surface area (Å²) in [4.78, 5) is 21.7. The molecule has 0 aliphatic carbocycles. The van der Waals surface area contributed by atoms with E-state index in [-0.39, 0.29) is 18.6 Å². The predicted molar refractivity (Wildman–Crippen MR) is 49.3 cm³/mol. The number of carbonyl (C=O) groups is 2. The maximum Gasteiger partial charge on any atom is 0.303 e. The van der Waals surface area contributed by atoms with Gasteiger partial charge < -0.3 is 10.8 Å². The van der Waals surface area contributed by atoms with Crippen LogP contribution < -0.4 is 5.73 Å². The molecule has 0 radical (unpaired) electrons. The Morgan fingerprint density at radius 1 is 1.38 bits per heavy atom. The van der Waals surface area contributed by atoms with Gasteiger partial charge in [0, 0.05) is 11.8 Å². The number of carboxylic acids is 1. The number of carbonyl (C=O) groups excluding carboxylic acids is 1. The first-order valence-electron chi connectivity index (χ1n) is 4.27. The first kappa shape index (κ1) is 12.1. The summed E-state index contributed by atoms with van der Waals surface area (Å²) < 4.78 is 0. The minimum atomic E-state index is -0.919. The molecule has 0 aliphatic heterocycles. The second-order valence-electron chi connectivity index (χ2n) is 4.15. The molecule has 0 aromatic heterocycles. The first-order valence-corrected chi connectivity index (χ1v) is 4.27. The molecule has 0 bridgehead atoms. The van der Waals surface area contributed by atoms with E-state index in [9.17, 15) is 9.59 Å². The van der Waals surface area contributed by atoms with Gasteiger partial charge in [-0.3, -0.25) is 9.59 Å². The van der Waals surface area contributed by atoms with E-state index in [1.54, 1.807) is 20.8 Å². The molecule has 0 amide bonds. The Morgan fingerprint density at radius 3 is 2.15 bits per heavy atom. The lowest BCUT2D eigenvalue weighted by Crippen LogP contribution is -2.39. The van der Waals surface area contributed by atoms with Crippen molar-refractivity contribution in [2.45, 2.75) is 39.7 Å². The second-order valence-corrected chi connectivity index (χ2v) is 4.15. The van der Waals surface area contributed by atoms with Crippen LogP contribution in [0.4, 0.5) is 0 Å². The van der Waals surface area contributed by atoms with Gasteiger partial charge in [-0.1, -0.05) is 20.8 Å². The maximum absolute atomic E-state index is 11.5. The van der Waals surface area contributed by atoms with Crippen LogP contribution >= 0.6 is 0 Å². The van der Waals surface area contributed by atoms with E-state index < -0.39 is 17.4 Å². The van der Waals surface area contributed by atoms with Crippen LogP contribution in [0.15, 0.2) is 0 Å². The number of hydrogen-bond acceptors (Lipinski definition) is 3. The zero-order valence-corrected chi connectivity index (χ0v) is 8.33. The number of nitrogens with two attached hydrogens (primary N) is 1. The normalized spacial score (nSPS) is 13.8. The van der Waals surface area contributed by atoms with Crippen molar-refractivity contribution in [2.24, 2.45) is 11.1 Å². The molecule has 0 fully saturated rings. The van der Waals surface area contributed by atoms with E-state index in [1.165, 1.54) is 0 Å². The van der Waals surface area contributed by atoms with E-state index in [1.807, 2.05) is 0 Å². The monoisotopic (exact) mass is 187 g/mol. The summed E-state index contributed by atoms with van der Waals surface area (Å²) in [5, 5.41) is 8.38. The van der Waals surface area contributed by atoms with E-state index in [0.29, 0.717) is 0 Å². The number of hydrogen-bond donors (Lipinski definition) is 2. The molecule has 0 spiro atoms. The van der Waals surface area contributed by atoms with Crippen molar-refractivity contribution in [3.05, 3.63) is 0 Å². The third-order valence-electron chi connectivity index (χ3n) is 1.75. The molecule has 13 heavy (non-hydrogen) atoms. The number of aliphatic carboxylic acids is 1. The Bertz CT molecular complexity index is 205. The van der Waals surface area contributed by atoms with E-state index >= 15 is 0 Å². The summed E-state index contributed by atoms with van der Waals surface area (Å²) in [7, 11) is 0. The third-order valence-corrected chi connectivity index (χ3v) is 1.75. The number of Topliss-reactive ketones (excluding diaryl/α,β-unsaturated/α-hetero) is 1. The van der Waals surface area contributed by atoms with Crippen LogP contribution in [0.2, 0.25) is 0 Å². The molecule has 0 unspecified atom stereocenters. The summed E-state index contributed by atoms with van der Waals surface area (Å²) in [6.07, 6.45) is 0.161. The molecule has 3 N–H and O–H groups in total. The second kappa shape index (κ2) is 4.37. The molecule has 1 atom stereocenters. The highest BCUT2D eigenvalue weighted by molar-refractivity contribution is 5.88. The summed E-state index contributed by atoms with van der Waals surface area (Å²) >= 11 is 0. The molecule has 0 aromatic rings. The number of carboxylic acid groups (broad SMARTS) is 1. The van der Waals surface area contributed by atoms with E-state index in [2.05, 4.69) is 0 Å². The van der Waals surface area contributed by atoms with Crippen LogP contribution in [0.1, 0.15) is 33.6 Å². The van der Waals surface area contributed by atoms with Crippen LogP contribution in [0, 0.1) is 5.41 Å².